The molecule has 1 amide bonds. The Balaban J connectivity index is 2.27. The van der Waals surface area contributed by atoms with Crippen LogP contribution in [0.1, 0.15) is 10.5 Å². The van der Waals surface area contributed by atoms with E-state index in [2.05, 4.69) is 4.98 Å². The Labute approximate surface area is 134 Å². The maximum atomic E-state index is 12.4. The standard InChI is InChI=1S/C14H14F3N3O2S/c1-20(7-9(21)14(15,16)17)12(22)10-11(23-13(18)19-10)8-5-3-2-4-6-8/h2-6,9,21H,7H2,1H3,(H2,18,19). The lowest BCUT2D eigenvalue weighted by molar-refractivity contribution is -0.205. The van der Waals surface area contributed by atoms with Crippen molar-refractivity contribution in [1.29, 1.82) is 0 Å². The van der Waals surface area contributed by atoms with E-state index in [1.165, 1.54) is 7.05 Å². The number of likely N-dealkylation sites (N-methyl/N-ethyl adjacent to an activating group) is 1. The molecule has 0 spiro atoms. The average Bonchev–Trinajstić information content (AvgIpc) is 2.88. The monoisotopic (exact) mass is 345 g/mol. The van der Waals surface area contributed by atoms with E-state index in [9.17, 15) is 18.0 Å². The first kappa shape index (κ1) is 17.2. The van der Waals surface area contributed by atoms with Gasteiger partial charge in [-0.15, -0.1) is 0 Å². The zero-order chi connectivity index (χ0) is 17.2. The van der Waals surface area contributed by atoms with E-state index in [1.54, 1.807) is 30.3 Å². The zero-order valence-electron chi connectivity index (χ0n) is 12.0. The van der Waals surface area contributed by atoms with Crippen LogP contribution in [0.3, 0.4) is 0 Å². The number of benzene rings is 1. The number of halogens is 3. The molecule has 0 saturated heterocycles. The second kappa shape index (κ2) is 6.55. The van der Waals surface area contributed by atoms with E-state index in [0.29, 0.717) is 10.4 Å². The number of hydrogen-bond acceptors (Lipinski definition) is 5. The van der Waals surface area contributed by atoms with Gasteiger partial charge in [0, 0.05) is 7.05 Å². The number of thiazole rings is 1. The summed E-state index contributed by atoms with van der Waals surface area (Å²) in [6.07, 6.45) is -7.41. The number of nitrogen functional groups attached to an aromatic ring is 1. The molecule has 1 atom stereocenters. The Kier molecular flexibility index (Phi) is 4.90. The number of hydrogen-bond donors (Lipinski definition) is 2. The molecule has 0 saturated carbocycles. The van der Waals surface area contributed by atoms with Crippen molar-refractivity contribution in [1.82, 2.24) is 9.88 Å². The van der Waals surface area contributed by atoms with Crippen LogP contribution in [-0.4, -0.2) is 46.8 Å². The van der Waals surface area contributed by atoms with E-state index in [0.717, 1.165) is 16.2 Å². The lowest BCUT2D eigenvalue weighted by Crippen LogP contribution is -2.42. The van der Waals surface area contributed by atoms with Crippen LogP contribution in [0.25, 0.3) is 10.4 Å². The molecular formula is C14H14F3N3O2S. The van der Waals surface area contributed by atoms with Crippen LogP contribution in [-0.2, 0) is 0 Å². The minimum atomic E-state index is -4.79. The fourth-order valence-electron chi connectivity index (χ4n) is 1.89. The van der Waals surface area contributed by atoms with Gasteiger partial charge in [0.25, 0.3) is 5.91 Å². The molecule has 1 aromatic carbocycles. The molecule has 2 aromatic rings. The number of alkyl halides is 3. The van der Waals surface area contributed by atoms with Gasteiger partial charge in [-0.3, -0.25) is 4.79 Å². The number of anilines is 1. The summed E-state index contributed by atoms with van der Waals surface area (Å²) in [5.41, 5.74) is 6.29. The summed E-state index contributed by atoms with van der Waals surface area (Å²) in [6, 6.07) is 8.80. The maximum absolute atomic E-state index is 12.4. The van der Waals surface area contributed by atoms with Crippen molar-refractivity contribution >= 4 is 22.4 Å². The normalized spacial score (nSPS) is 12.9. The average molecular weight is 345 g/mol. The van der Waals surface area contributed by atoms with Crippen LogP contribution in [0.5, 0.6) is 0 Å². The highest BCUT2D eigenvalue weighted by Gasteiger charge is 2.39. The molecule has 0 aliphatic rings. The van der Waals surface area contributed by atoms with Gasteiger partial charge >= 0.3 is 6.18 Å². The predicted molar refractivity (Wildman–Crippen MR) is 81.0 cm³/mol. The number of carbonyl (C=O) groups excluding carboxylic acids is 1. The van der Waals surface area contributed by atoms with Gasteiger partial charge in [0.1, 0.15) is 5.69 Å². The number of nitrogens with zero attached hydrogens (tertiary/aromatic N) is 2. The molecule has 3 N–H and O–H groups in total. The SMILES string of the molecule is CN(CC(O)C(F)(F)F)C(=O)c1nc(N)sc1-c1ccccc1. The number of aliphatic hydroxyl groups is 1. The number of rotatable bonds is 4. The van der Waals surface area contributed by atoms with Gasteiger partial charge in [-0.05, 0) is 5.56 Å². The van der Waals surface area contributed by atoms with E-state index in [4.69, 9.17) is 10.8 Å². The second-order valence-electron chi connectivity index (χ2n) is 4.84. The third kappa shape index (κ3) is 3.99. The van der Waals surface area contributed by atoms with E-state index in [1.807, 2.05) is 0 Å². The summed E-state index contributed by atoms with van der Waals surface area (Å²) < 4.78 is 37.2. The van der Waals surface area contributed by atoms with Crippen molar-refractivity contribution in [2.45, 2.75) is 12.3 Å². The van der Waals surface area contributed by atoms with E-state index in [-0.39, 0.29) is 10.8 Å². The predicted octanol–water partition coefficient (Wildman–Crippen LogP) is 2.39. The van der Waals surface area contributed by atoms with E-state index >= 15 is 0 Å². The molecule has 1 unspecified atom stereocenters. The maximum Gasteiger partial charge on any atom is 0.416 e. The van der Waals surface area contributed by atoms with Gasteiger partial charge in [-0.25, -0.2) is 4.98 Å². The third-order valence-electron chi connectivity index (χ3n) is 3.05. The van der Waals surface area contributed by atoms with Crippen LogP contribution in [0.15, 0.2) is 30.3 Å². The Morgan fingerprint density at radius 2 is 2.00 bits per heavy atom. The summed E-state index contributed by atoms with van der Waals surface area (Å²) in [5, 5.41) is 9.22. The first-order valence-corrected chi connectivity index (χ1v) is 7.33. The molecule has 0 aliphatic heterocycles. The molecule has 0 bridgehead atoms. The number of aromatic nitrogens is 1. The molecule has 0 fully saturated rings. The molecule has 2 rings (SSSR count). The Hall–Kier alpha value is -2.13. The Bertz CT molecular complexity index is 688. The molecule has 1 heterocycles. The summed E-state index contributed by atoms with van der Waals surface area (Å²) in [5.74, 6) is -0.736. The largest absolute Gasteiger partial charge is 0.416 e. The van der Waals surface area contributed by atoms with Crippen molar-refractivity contribution in [3.8, 4) is 10.4 Å². The van der Waals surface area contributed by atoms with Crippen LogP contribution < -0.4 is 5.73 Å². The highest BCUT2D eigenvalue weighted by molar-refractivity contribution is 7.19. The van der Waals surface area contributed by atoms with Crippen molar-refractivity contribution in [3.63, 3.8) is 0 Å². The number of amides is 1. The lowest BCUT2D eigenvalue weighted by Gasteiger charge is -2.22. The van der Waals surface area contributed by atoms with E-state index < -0.39 is 24.7 Å². The highest BCUT2D eigenvalue weighted by atomic mass is 32.1. The molecule has 9 heteroatoms. The second-order valence-corrected chi connectivity index (χ2v) is 5.87. The highest BCUT2D eigenvalue weighted by Crippen LogP contribution is 2.32. The smallest absolute Gasteiger partial charge is 0.382 e. The number of nitrogens with two attached hydrogens (primary N) is 1. The van der Waals surface area contributed by atoms with Crippen molar-refractivity contribution < 1.29 is 23.1 Å². The summed E-state index contributed by atoms with van der Waals surface area (Å²) >= 11 is 1.07. The van der Waals surface area contributed by atoms with Gasteiger partial charge in [-0.2, -0.15) is 13.2 Å². The zero-order valence-corrected chi connectivity index (χ0v) is 12.9. The van der Waals surface area contributed by atoms with Crippen LogP contribution in [0.2, 0.25) is 0 Å². The Morgan fingerprint density at radius 3 is 2.57 bits per heavy atom. The van der Waals surface area contributed by atoms with Crippen LogP contribution in [0, 0.1) is 0 Å². The minimum Gasteiger partial charge on any atom is -0.382 e. The number of aliphatic hydroxyl groups excluding tert-OH is 1. The first-order chi connectivity index (χ1) is 10.7. The summed E-state index contributed by atoms with van der Waals surface area (Å²) in [7, 11) is 1.17. The van der Waals surface area contributed by atoms with Crippen LogP contribution in [0.4, 0.5) is 18.3 Å². The van der Waals surface area contributed by atoms with Gasteiger partial charge in [0.05, 0.1) is 11.4 Å². The molecule has 23 heavy (non-hydrogen) atoms. The summed E-state index contributed by atoms with van der Waals surface area (Å²) in [6.45, 7) is -0.881. The van der Waals surface area contributed by atoms with Crippen molar-refractivity contribution in [2.75, 3.05) is 19.3 Å². The van der Waals surface area contributed by atoms with Crippen molar-refractivity contribution in [3.05, 3.63) is 36.0 Å². The summed E-state index contributed by atoms with van der Waals surface area (Å²) in [4.78, 5) is 17.5. The quantitative estimate of drug-likeness (QED) is 0.892. The fraction of sp³-hybridized carbons (Fsp3) is 0.286. The van der Waals surface area contributed by atoms with Gasteiger partial charge in [0.2, 0.25) is 0 Å². The molecular weight excluding hydrogens is 331 g/mol. The molecule has 0 radical (unpaired) electrons. The fourth-order valence-corrected chi connectivity index (χ4v) is 2.72. The number of carbonyl (C=O) groups is 1. The van der Waals surface area contributed by atoms with Gasteiger partial charge < -0.3 is 15.7 Å². The molecule has 0 aliphatic carbocycles. The Morgan fingerprint density at radius 1 is 1.39 bits per heavy atom. The molecule has 124 valence electrons. The van der Waals surface area contributed by atoms with Crippen LogP contribution >= 0.6 is 11.3 Å². The third-order valence-corrected chi connectivity index (χ3v) is 3.99. The molecule has 1 aromatic heterocycles. The van der Waals surface area contributed by atoms with Gasteiger partial charge in [-0.1, -0.05) is 41.7 Å². The topological polar surface area (TPSA) is 79.5 Å². The van der Waals surface area contributed by atoms with Crippen molar-refractivity contribution in [2.24, 2.45) is 0 Å². The lowest BCUT2D eigenvalue weighted by atomic mass is 10.1. The molecule has 5 nitrogen and oxygen atoms in total. The first-order valence-electron chi connectivity index (χ1n) is 6.52. The minimum absolute atomic E-state index is 0.0319. The van der Waals surface area contributed by atoms with Gasteiger partial charge in [0.15, 0.2) is 11.2 Å².